The summed E-state index contributed by atoms with van der Waals surface area (Å²) in [4.78, 5) is 26.1. The molecule has 0 spiro atoms. The van der Waals surface area contributed by atoms with Gasteiger partial charge in [-0.3, -0.25) is 9.69 Å². The molecular weight excluding hydrogens is 332 g/mol. The molecule has 6 nitrogen and oxygen atoms in total. The van der Waals surface area contributed by atoms with Gasteiger partial charge in [-0.2, -0.15) is 0 Å². The van der Waals surface area contributed by atoms with Crippen LogP contribution in [0, 0.1) is 6.92 Å². The summed E-state index contributed by atoms with van der Waals surface area (Å²) >= 11 is 5.91. The average Bonchev–Trinajstić information content (AvgIpc) is 2.82. The van der Waals surface area contributed by atoms with Crippen LogP contribution in [0.1, 0.15) is 32.8 Å². The van der Waals surface area contributed by atoms with E-state index < -0.39 is 23.8 Å². The van der Waals surface area contributed by atoms with Gasteiger partial charge in [0.25, 0.3) is 0 Å². The van der Waals surface area contributed by atoms with E-state index in [1.165, 1.54) is 4.90 Å². The molecule has 7 heteroatoms. The summed E-state index contributed by atoms with van der Waals surface area (Å²) in [5.41, 5.74) is 0.770. The fourth-order valence-electron chi connectivity index (χ4n) is 2.57. The molecule has 2 amide bonds. The number of nitrogens with one attached hydrogen (secondary N) is 1. The lowest BCUT2D eigenvalue weighted by atomic mass is 10.1. The first-order chi connectivity index (χ1) is 11.1. The van der Waals surface area contributed by atoms with Crippen LogP contribution in [0.3, 0.4) is 0 Å². The third-order valence-corrected chi connectivity index (χ3v) is 3.89. The van der Waals surface area contributed by atoms with Crippen LogP contribution in [0.2, 0.25) is 5.02 Å². The van der Waals surface area contributed by atoms with Crippen molar-refractivity contribution in [2.45, 2.75) is 51.9 Å². The van der Waals surface area contributed by atoms with Gasteiger partial charge in [0.2, 0.25) is 5.91 Å². The Morgan fingerprint density at radius 2 is 2.04 bits per heavy atom. The average molecular weight is 355 g/mol. The number of aliphatic hydroxyl groups is 1. The zero-order valence-electron chi connectivity index (χ0n) is 14.3. The Balaban J connectivity index is 2.12. The molecule has 1 aliphatic rings. The Kier molecular flexibility index (Phi) is 5.40. The molecule has 1 fully saturated rings. The second kappa shape index (κ2) is 6.99. The first kappa shape index (κ1) is 18.5. The zero-order chi connectivity index (χ0) is 18.1. The number of ether oxygens (including phenoxy) is 1. The molecule has 0 bridgehead atoms. The number of aryl methyl sites for hydroxylation is 1. The van der Waals surface area contributed by atoms with E-state index in [2.05, 4.69) is 5.32 Å². The number of anilines is 1. The number of nitrogens with zero attached hydrogens (tertiary/aromatic N) is 1. The molecule has 2 N–H and O–H groups in total. The van der Waals surface area contributed by atoms with Crippen molar-refractivity contribution in [3.63, 3.8) is 0 Å². The number of benzene rings is 1. The predicted molar refractivity (Wildman–Crippen MR) is 92.2 cm³/mol. The lowest BCUT2D eigenvalue weighted by Crippen LogP contribution is -2.45. The Bertz CT molecular complexity index is 642. The van der Waals surface area contributed by atoms with Gasteiger partial charge in [-0.25, -0.2) is 4.79 Å². The highest BCUT2D eigenvalue weighted by Gasteiger charge is 2.41. The number of rotatable bonds is 2. The van der Waals surface area contributed by atoms with Gasteiger partial charge in [0.1, 0.15) is 11.6 Å². The van der Waals surface area contributed by atoms with E-state index in [-0.39, 0.29) is 18.9 Å². The summed E-state index contributed by atoms with van der Waals surface area (Å²) in [6, 6.07) is 4.36. The lowest BCUT2D eigenvalue weighted by molar-refractivity contribution is -0.120. The van der Waals surface area contributed by atoms with Gasteiger partial charge in [0.15, 0.2) is 0 Å². The number of halogens is 1. The van der Waals surface area contributed by atoms with E-state index in [0.717, 1.165) is 5.56 Å². The van der Waals surface area contributed by atoms with E-state index in [1.807, 2.05) is 6.92 Å². The third kappa shape index (κ3) is 4.61. The quantitative estimate of drug-likeness (QED) is 0.855. The van der Waals surface area contributed by atoms with Crippen LogP contribution in [0.25, 0.3) is 0 Å². The summed E-state index contributed by atoms with van der Waals surface area (Å²) in [6.45, 7) is 7.17. The van der Waals surface area contributed by atoms with Crippen LogP contribution >= 0.6 is 11.6 Å². The molecule has 1 aromatic carbocycles. The Morgan fingerprint density at radius 1 is 1.38 bits per heavy atom. The highest BCUT2D eigenvalue weighted by atomic mass is 35.5. The lowest BCUT2D eigenvalue weighted by Gasteiger charge is -2.28. The first-order valence-electron chi connectivity index (χ1n) is 7.81. The van der Waals surface area contributed by atoms with Crippen molar-refractivity contribution in [1.29, 1.82) is 0 Å². The van der Waals surface area contributed by atoms with Crippen molar-refractivity contribution >= 4 is 29.3 Å². The number of hydrogen-bond acceptors (Lipinski definition) is 4. The zero-order valence-corrected chi connectivity index (χ0v) is 15.1. The molecule has 0 unspecified atom stereocenters. The number of hydrogen-bond donors (Lipinski definition) is 2. The summed E-state index contributed by atoms with van der Waals surface area (Å²) < 4.78 is 5.32. The van der Waals surface area contributed by atoms with Gasteiger partial charge in [0.05, 0.1) is 12.6 Å². The number of carbonyl (C=O) groups is 2. The predicted octanol–water partition coefficient (Wildman–Crippen LogP) is 2.96. The summed E-state index contributed by atoms with van der Waals surface area (Å²) in [5, 5.41) is 13.2. The van der Waals surface area contributed by atoms with Gasteiger partial charge >= 0.3 is 6.09 Å². The van der Waals surface area contributed by atoms with Gasteiger partial charge in [-0.05, 0) is 51.5 Å². The molecule has 2 atom stereocenters. The number of aliphatic hydroxyl groups excluding tert-OH is 1. The second-order valence-electron chi connectivity index (χ2n) is 6.99. The van der Waals surface area contributed by atoms with E-state index >= 15 is 0 Å². The molecule has 0 aliphatic carbocycles. The van der Waals surface area contributed by atoms with Crippen LogP contribution in [0.4, 0.5) is 10.5 Å². The molecule has 0 aromatic heterocycles. The number of likely N-dealkylation sites (tertiary alicyclic amines) is 1. The first-order valence-corrected chi connectivity index (χ1v) is 8.19. The van der Waals surface area contributed by atoms with Crippen molar-refractivity contribution in [2.75, 3.05) is 11.9 Å². The topological polar surface area (TPSA) is 78.9 Å². The molecule has 1 saturated heterocycles. The Morgan fingerprint density at radius 3 is 2.62 bits per heavy atom. The maximum atomic E-state index is 12.6. The molecular formula is C17H23ClN2O4. The minimum Gasteiger partial charge on any atom is -0.444 e. The molecule has 132 valence electrons. The van der Waals surface area contributed by atoms with E-state index in [1.54, 1.807) is 39.0 Å². The molecule has 0 saturated carbocycles. The smallest absolute Gasteiger partial charge is 0.411 e. The standard InChI is InChI=1S/C17H23ClN2O4/c1-10-7-11(18)5-6-13(10)19-15(22)14-8-12(21)9-20(14)16(23)24-17(2,3)4/h5-7,12,14,21H,8-9H2,1-4H3,(H,19,22)/t12-,14+/m1/s1. The second-order valence-corrected chi connectivity index (χ2v) is 7.42. The maximum Gasteiger partial charge on any atom is 0.411 e. The molecule has 0 radical (unpaired) electrons. The fourth-order valence-corrected chi connectivity index (χ4v) is 2.79. The minimum atomic E-state index is -0.773. The number of amides is 2. The van der Waals surface area contributed by atoms with Crippen molar-refractivity contribution in [1.82, 2.24) is 4.90 Å². The van der Waals surface area contributed by atoms with Gasteiger partial charge in [-0.1, -0.05) is 11.6 Å². The van der Waals surface area contributed by atoms with E-state index in [0.29, 0.717) is 10.7 Å². The molecule has 24 heavy (non-hydrogen) atoms. The van der Waals surface area contributed by atoms with Crippen molar-refractivity contribution in [3.8, 4) is 0 Å². The molecule has 1 aliphatic heterocycles. The Labute approximate surface area is 146 Å². The van der Waals surface area contributed by atoms with Crippen LogP contribution in [0.15, 0.2) is 18.2 Å². The number of β-amino-alcohol motifs (C(OH)–C–C–N with tert-alkyl or cyclic N) is 1. The maximum absolute atomic E-state index is 12.6. The summed E-state index contributed by atoms with van der Waals surface area (Å²) in [5.74, 6) is -0.358. The normalized spacial score (nSPS) is 20.8. The van der Waals surface area contributed by atoms with Crippen molar-refractivity contribution in [2.24, 2.45) is 0 Å². The van der Waals surface area contributed by atoms with Gasteiger partial charge in [-0.15, -0.1) is 0 Å². The Hall–Kier alpha value is -1.79. The minimum absolute atomic E-state index is 0.0760. The fraction of sp³-hybridized carbons (Fsp3) is 0.529. The summed E-state index contributed by atoms with van der Waals surface area (Å²) in [7, 11) is 0. The monoisotopic (exact) mass is 354 g/mol. The van der Waals surface area contributed by atoms with Crippen LogP contribution < -0.4 is 5.32 Å². The largest absolute Gasteiger partial charge is 0.444 e. The summed E-state index contributed by atoms with van der Waals surface area (Å²) in [6.07, 6.45) is -1.18. The highest BCUT2D eigenvalue weighted by Crippen LogP contribution is 2.24. The van der Waals surface area contributed by atoms with Crippen LogP contribution in [-0.2, 0) is 9.53 Å². The van der Waals surface area contributed by atoms with Gasteiger partial charge < -0.3 is 15.2 Å². The van der Waals surface area contributed by atoms with E-state index in [4.69, 9.17) is 16.3 Å². The van der Waals surface area contributed by atoms with Crippen molar-refractivity contribution < 1.29 is 19.4 Å². The third-order valence-electron chi connectivity index (χ3n) is 3.66. The van der Waals surface area contributed by atoms with Crippen LogP contribution in [0.5, 0.6) is 0 Å². The highest BCUT2D eigenvalue weighted by molar-refractivity contribution is 6.30. The van der Waals surface area contributed by atoms with Crippen molar-refractivity contribution in [3.05, 3.63) is 28.8 Å². The van der Waals surface area contributed by atoms with Gasteiger partial charge in [0, 0.05) is 17.1 Å². The van der Waals surface area contributed by atoms with Crippen LogP contribution in [-0.4, -0.2) is 46.3 Å². The molecule has 1 aromatic rings. The van der Waals surface area contributed by atoms with E-state index in [9.17, 15) is 14.7 Å². The molecule has 1 heterocycles. The number of carbonyl (C=O) groups excluding carboxylic acids is 2. The molecule has 2 rings (SSSR count). The SMILES string of the molecule is Cc1cc(Cl)ccc1NC(=O)[C@@H]1C[C@@H](O)CN1C(=O)OC(C)(C)C.